The summed E-state index contributed by atoms with van der Waals surface area (Å²) >= 11 is 0. The lowest BCUT2D eigenvalue weighted by atomic mass is 9.97. The summed E-state index contributed by atoms with van der Waals surface area (Å²) in [6.45, 7) is 6.71. The van der Waals surface area contributed by atoms with E-state index in [0.717, 1.165) is 11.3 Å². The number of carbonyl (C=O) groups excluding carboxylic acids is 1. The fourth-order valence-corrected chi connectivity index (χ4v) is 2.11. The predicted octanol–water partition coefficient (Wildman–Crippen LogP) is 2.42. The molecule has 0 aromatic heterocycles. The average molecular weight is 278 g/mol. The molecule has 0 spiro atoms. The first-order chi connectivity index (χ1) is 9.38. The molecule has 4 nitrogen and oxygen atoms in total. The number of nitrogens with one attached hydrogen (secondary N) is 1. The predicted molar refractivity (Wildman–Crippen MR) is 82.8 cm³/mol. The Hall–Kier alpha value is -1.39. The van der Waals surface area contributed by atoms with Crippen LogP contribution in [0.25, 0.3) is 0 Å². The number of rotatable bonds is 7. The van der Waals surface area contributed by atoms with Crippen LogP contribution < -0.4 is 5.32 Å². The van der Waals surface area contributed by atoms with Gasteiger partial charge >= 0.3 is 0 Å². The lowest BCUT2D eigenvalue weighted by molar-refractivity contribution is -0.117. The van der Waals surface area contributed by atoms with E-state index < -0.39 is 5.60 Å². The van der Waals surface area contributed by atoms with Gasteiger partial charge in [0.1, 0.15) is 0 Å². The van der Waals surface area contributed by atoms with Crippen LogP contribution in [0.1, 0.15) is 32.3 Å². The standard InChI is InChI=1S/C16H26N2O2/c1-5-16(20,6-2)12-18(4)11-15(19)17-14-9-7-13(3)8-10-14/h7-10,20H,5-6,11-12H2,1-4H3,(H,17,19). The largest absolute Gasteiger partial charge is 0.389 e. The van der Waals surface area contributed by atoms with Crippen molar-refractivity contribution in [3.63, 3.8) is 0 Å². The van der Waals surface area contributed by atoms with Crippen molar-refractivity contribution in [2.45, 2.75) is 39.2 Å². The van der Waals surface area contributed by atoms with E-state index in [0.29, 0.717) is 19.4 Å². The molecule has 0 fully saturated rings. The van der Waals surface area contributed by atoms with E-state index in [4.69, 9.17) is 0 Å². The van der Waals surface area contributed by atoms with Crippen LogP contribution in [-0.2, 0) is 4.79 Å². The van der Waals surface area contributed by atoms with Crippen molar-refractivity contribution in [2.24, 2.45) is 0 Å². The molecular formula is C16H26N2O2. The zero-order valence-corrected chi connectivity index (χ0v) is 12.9. The fourth-order valence-electron chi connectivity index (χ4n) is 2.11. The maximum Gasteiger partial charge on any atom is 0.238 e. The monoisotopic (exact) mass is 278 g/mol. The molecule has 0 saturated carbocycles. The lowest BCUT2D eigenvalue weighted by Gasteiger charge is -2.30. The number of aryl methyl sites for hydroxylation is 1. The number of aliphatic hydroxyl groups is 1. The molecule has 4 heteroatoms. The van der Waals surface area contributed by atoms with E-state index in [-0.39, 0.29) is 12.5 Å². The highest BCUT2D eigenvalue weighted by Gasteiger charge is 2.24. The van der Waals surface area contributed by atoms with Crippen LogP contribution in [0.5, 0.6) is 0 Å². The first-order valence-electron chi connectivity index (χ1n) is 7.16. The molecule has 2 N–H and O–H groups in total. The maximum absolute atomic E-state index is 11.9. The van der Waals surface area contributed by atoms with Crippen LogP contribution in [0.3, 0.4) is 0 Å². The summed E-state index contributed by atoms with van der Waals surface area (Å²) in [6, 6.07) is 7.71. The number of anilines is 1. The summed E-state index contributed by atoms with van der Waals surface area (Å²) in [5.41, 5.74) is 1.25. The molecule has 1 aromatic carbocycles. The zero-order valence-electron chi connectivity index (χ0n) is 12.9. The van der Waals surface area contributed by atoms with Crippen molar-refractivity contribution >= 4 is 11.6 Å². The Kier molecular flexibility index (Phi) is 6.17. The molecular weight excluding hydrogens is 252 g/mol. The Balaban J connectivity index is 2.47. The zero-order chi connectivity index (χ0) is 15.2. The molecule has 0 aliphatic rings. The number of hydrogen-bond acceptors (Lipinski definition) is 3. The number of benzene rings is 1. The second-order valence-electron chi connectivity index (χ2n) is 5.52. The van der Waals surface area contributed by atoms with E-state index in [9.17, 15) is 9.90 Å². The molecule has 0 saturated heterocycles. The van der Waals surface area contributed by atoms with E-state index >= 15 is 0 Å². The average Bonchev–Trinajstić information content (AvgIpc) is 2.41. The number of amides is 1. The maximum atomic E-state index is 11.9. The number of carbonyl (C=O) groups is 1. The third-order valence-electron chi connectivity index (χ3n) is 3.63. The number of likely N-dealkylation sites (N-methyl/N-ethyl adjacent to an activating group) is 1. The Labute approximate surface area is 121 Å². The third-order valence-corrected chi connectivity index (χ3v) is 3.63. The Bertz CT molecular complexity index is 425. The van der Waals surface area contributed by atoms with Gasteiger partial charge in [0.15, 0.2) is 0 Å². The molecule has 0 unspecified atom stereocenters. The Morgan fingerprint density at radius 3 is 2.30 bits per heavy atom. The molecule has 1 amide bonds. The van der Waals surface area contributed by atoms with Gasteiger partial charge in [-0.25, -0.2) is 0 Å². The number of nitrogens with zero attached hydrogens (tertiary/aromatic N) is 1. The van der Waals surface area contributed by atoms with Crippen LogP contribution in [0.4, 0.5) is 5.69 Å². The SMILES string of the molecule is CCC(O)(CC)CN(C)CC(=O)Nc1ccc(C)cc1. The van der Waals surface area contributed by atoms with Gasteiger partial charge in [-0.2, -0.15) is 0 Å². The summed E-state index contributed by atoms with van der Waals surface area (Å²) < 4.78 is 0. The first kappa shape index (κ1) is 16.7. The summed E-state index contributed by atoms with van der Waals surface area (Å²) in [7, 11) is 1.85. The van der Waals surface area contributed by atoms with Crippen LogP contribution in [0, 0.1) is 6.92 Å². The molecule has 0 radical (unpaired) electrons. The van der Waals surface area contributed by atoms with E-state index in [1.165, 1.54) is 0 Å². The normalized spacial score (nSPS) is 11.7. The Morgan fingerprint density at radius 2 is 1.80 bits per heavy atom. The molecule has 0 aliphatic heterocycles. The summed E-state index contributed by atoms with van der Waals surface area (Å²) in [4.78, 5) is 13.8. The van der Waals surface area contributed by atoms with Gasteiger partial charge in [0.25, 0.3) is 0 Å². The lowest BCUT2D eigenvalue weighted by Crippen LogP contribution is -2.43. The van der Waals surface area contributed by atoms with Gasteiger partial charge in [0.2, 0.25) is 5.91 Å². The molecule has 112 valence electrons. The minimum Gasteiger partial charge on any atom is -0.389 e. The highest BCUT2D eigenvalue weighted by molar-refractivity contribution is 5.92. The van der Waals surface area contributed by atoms with Gasteiger partial charge < -0.3 is 10.4 Å². The van der Waals surface area contributed by atoms with E-state index in [1.807, 2.05) is 57.0 Å². The first-order valence-corrected chi connectivity index (χ1v) is 7.16. The van der Waals surface area contributed by atoms with Crippen molar-refractivity contribution in [3.05, 3.63) is 29.8 Å². The van der Waals surface area contributed by atoms with Crippen molar-refractivity contribution in [3.8, 4) is 0 Å². The van der Waals surface area contributed by atoms with Crippen LogP contribution >= 0.6 is 0 Å². The number of hydrogen-bond donors (Lipinski definition) is 2. The van der Waals surface area contributed by atoms with Crippen molar-refractivity contribution < 1.29 is 9.90 Å². The highest BCUT2D eigenvalue weighted by atomic mass is 16.3. The second kappa shape index (κ2) is 7.41. The van der Waals surface area contributed by atoms with Crippen LogP contribution in [-0.4, -0.2) is 41.7 Å². The van der Waals surface area contributed by atoms with Crippen molar-refractivity contribution in [1.82, 2.24) is 4.90 Å². The topological polar surface area (TPSA) is 52.6 Å². The molecule has 0 heterocycles. The molecule has 0 bridgehead atoms. The van der Waals surface area contributed by atoms with Gasteiger partial charge in [-0.15, -0.1) is 0 Å². The van der Waals surface area contributed by atoms with Gasteiger partial charge in [-0.3, -0.25) is 9.69 Å². The minimum atomic E-state index is -0.709. The van der Waals surface area contributed by atoms with Gasteiger partial charge in [0, 0.05) is 12.2 Å². The second-order valence-corrected chi connectivity index (χ2v) is 5.52. The van der Waals surface area contributed by atoms with Gasteiger partial charge in [-0.05, 0) is 38.9 Å². The molecule has 0 atom stereocenters. The fraction of sp³-hybridized carbons (Fsp3) is 0.562. The third kappa shape index (κ3) is 5.31. The van der Waals surface area contributed by atoms with Gasteiger partial charge in [0.05, 0.1) is 12.1 Å². The molecule has 0 aliphatic carbocycles. The smallest absolute Gasteiger partial charge is 0.238 e. The van der Waals surface area contributed by atoms with Crippen molar-refractivity contribution in [1.29, 1.82) is 0 Å². The van der Waals surface area contributed by atoms with E-state index in [2.05, 4.69) is 5.32 Å². The highest BCUT2D eigenvalue weighted by Crippen LogP contribution is 2.15. The van der Waals surface area contributed by atoms with Crippen molar-refractivity contribution in [2.75, 3.05) is 25.5 Å². The molecule has 20 heavy (non-hydrogen) atoms. The van der Waals surface area contributed by atoms with E-state index in [1.54, 1.807) is 0 Å². The minimum absolute atomic E-state index is 0.0640. The summed E-state index contributed by atoms with van der Waals surface area (Å²) in [5.74, 6) is -0.0640. The Morgan fingerprint density at radius 1 is 1.25 bits per heavy atom. The van der Waals surface area contributed by atoms with Crippen LogP contribution in [0.15, 0.2) is 24.3 Å². The van der Waals surface area contributed by atoms with Gasteiger partial charge in [-0.1, -0.05) is 31.5 Å². The summed E-state index contributed by atoms with van der Waals surface area (Å²) in [6.07, 6.45) is 1.38. The van der Waals surface area contributed by atoms with Crippen LogP contribution in [0.2, 0.25) is 0 Å². The molecule has 1 aromatic rings. The quantitative estimate of drug-likeness (QED) is 0.805. The summed E-state index contributed by atoms with van der Waals surface area (Å²) in [5, 5.41) is 13.1. The molecule has 1 rings (SSSR count).